The molecule has 0 aromatic carbocycles. The Labute approximate surface area is 118 Å². The first kappa shape index (κ1) is 14.7. The first-order chi connectivity index (χ1) is 8.94. The van der Waals surface area contributed by atoms with Gasteiger partial charge in [0.05, 0.1) is 6.26 Å². The van der Waals surface area contributed by atoms with E-state index in [-0.39, 0.29) is 6.04 Å². The molecule has 19 heavy (non-hydrogen) atoms. The number of nitrogens with zero attached hydrogens (tertiary/aromatic N) is 2. The van der Waals surface area contributed by atoms with Crippen LogP contribution in [0.4, 0.5) is 5.13 Å². The molecule has 1 fully saturated rings. The van der Waals surface area contributed by atoms with Crippen molar-refractivity contribution in [2.24, 2.45) is 0 Å². The fraction of sp³-hybridized carbons (Fsp3) is 0.727. The molecule has 8 heteroatoms. The molecular weight excluding hydrogens is 284 g/mol. The van der Waals surface area contributed by atoms with Crippen molar-refractivity contribution in [2.75, 3.05) is 25.1 Å². The Morgan fingerprint density at radius 3 is 3.00 bits per heavy atom. The van der Waals surface area contributed by atoms with E-state index in [1.165, 1.54) is 17.6 Å². The third kappa shape index (κ3) is 4.72. The van der Waals surface area contributed by atoms with E-state index in [4.69, 9.17) is 5.73 Å². The first-order valence-corrected chi connectivity index (χ1v) is 9.04. The molecule has 2 heterocycles. The smallest absolute Gasteiger partial charge is 0.208 e. The zero-order valence-electron chi connectivity index (χ0n) is 11.0. The molecule has 0 bridgehead atoms. The zero-order valence-corrected chi connectivity index (χ0v) is 12.6. The van der Waals surface area contributed by atoms with E-state index in [0.717, 1.165) is 37.2 Å². The van der Waals surface area contributed by atoms with Crippen molar-refractivity contribution in [2.45, 2.75) is 31.8 Å². The summed E-state index contributed by atoms with van der Waals surface area (Å²) in [5.41, 5.74) is 5.63. The Morgan fingerprint density at radius 2 is 2.37 bits per heavy atom. The molecule has 0 spiro atoms. The maximum Gasteiger partial charge on any atom is 0.208 e. The number of aromatic nitrogens is 1. The van der Waals surface area contributed by atoms with Crippen LogP contribution >= 0.6 is 11.3 Å². The van der Waals surface area contributed by atoms with Gasteiger partial charge < -0.3 is 5.73 Å². The average molecular weight is 304 g/mol. The Morgan fingerprint density at radius 1 is 1.58 bits per heavy atom. The molecule has 0 aliphatic carbocycles. The maximum atomic E-state index is 11.2. The second-order valence-electron chi connectivity index (χ2n) is 4.91. The van der Waals surface area contributed by atoms with E-state index >= 15 is 0 Å². The molecule has 1 aliphatic rings. The van der Waals surface area contributed by atoms with Gasteiger partial charge in [0.15, 0.2) is 5.13 Å². The second-order valence-corrected chi connectivity index (χ2v) is 7.89. The minimum atomic E-state index is -3.12. The zero-order chi connectivity index (χ0) is 13.9. The van der Waals surface area contributed by atoms with Gasteiger partial charge in [0.25, 0.3) is 0 Å². The van der Waals surface area contributed by atoms with E-state index in [1.807, 2.05) is 0 Å². The lowest BCUT2D eigenvalue weighted by molar-refractivity contribution is 0.143. The highest BCUT2D eigenvalue weighted by Crippen LogP contribution is 2.22. The molecule has 3 N–H and O–H groups in total. The number of piperidine rings is 1. The summed E-state index contributed by atoms with van der Waals surface area (Å²) in [5, 5.41) is 0.581. The summed E-state index contributed by atoms with van der Waals surface area (Å²) in [7, 11) is -3.12. The minimum Gasteiger partial charge on any atom is -0.375 e. The molecule has 1 aliphatic heterocycles. The van der Waals surface area contributed by atoms with Gasteiger partial charge >= 0.3 is 0 Å². The number of nitrogens with two attached hydrogens (primary N) is 1. The lowest BCUT2D eigenvalue weighted by Crippen LogP contribution is -2.45. The van der Waals surface area contributed by atoms with Crippen molar-refractivity contribution in [3.63, 3.8) is 0 Å². The molecule has 1 saturated heterocycles. The summed E-state index contributed by atoms with van der Waals surface area (Å²) in [6, 6.07) is 0.256. The number of hydrogen-bond donors (Lipinski definition) is 2. The SMILES string of the molecule is CS(=O)(=O)NCC1CCCCN1Cc1cnc(N)s1. The van der Waals surface area contributed by atoms with Crippen molar-refractivity contribution < 1.29 is 8.42 Å². The molecular formula is C11H20N4O2S2. The lowest BCUT2D eigenvalue weighted by atomic mass is 10.0. The van der Waals surface area contributed by atoms with Crippen molar-refractivity contribution in [3.8, 4) is 0 Å². The highest BCUT2D eigenvalue weighted by atomic mass is 32.2. The Balaban J connectivity index is 1.95. The van der Waals surface area contributed by atoms with Crippen LogP contribution in [-0.4, -0.2) is 43.7 Å². The summed E-state index contributed by atoms with van der Waals surface area (Å²) in [5.74, 6) is 0. The summed E-state index contributed by atoms with van der Waals surface area (Å²) in [4.78, 5) is 7.49. The summed E-state index contributed by atoms with van der Waals surface area (Å²) >= 11 is 1.49. The van der Waals surface area contributed by atoms with E-state index < -0.39 is 10.0 Å². The fourth-order valence-electron chi connectivity index (χ4n) is 2.34. The van der Waals surface area contributed by atoms with Crippen LogP contribution in [0.3, 0.4) is 0 Å². The van der Waals surface area contributed by atoms with Crippen LogP contribution in [0.25, 0.3) is 0 Å². The van der Waals surface area contributed by atoms with Crippen LogP contribution in [0.5, 0.6) is 0 Å². The topological polar surface area (TPSA) is 88.3 Å². The highest BCUT2D eigenvalue weighted by molar-refractivity contribution is 7.88. The number of anilines is 1. The lowest BCUT2D eigenvalue weighted by Gasteiger charge is -2.35. The Kier molecular flexibility index (Phi) is 4.77. The molecule has 0 saturated carbocycles. The van der Waals surface area contributed by atoms with Crippen molar-refractivity contribution in [1.82, 2.24) is 14.6 Å². The normalized spacial score (nSPS) is 21.6. The third-order valence-electron chi connectivity index (χ3n) is 3.26. The van der Waals surface area contributed by atoms with Crippen LogP contribution in [0.2, 0.25) is 0 Å². The summed E-state index contributed by atoms with van der Waals surface area (Å²) in [6.07, 6.45) is 6.33. The van der Waals surface area contributed by atoms with Crippen LogP contribution < -0.4 is 10.5 Å². The van der Waals surface area contributed by atoms with Crippen molar-refractivity contribution >= 4 is 26.5 Å². The van der Waals surface area contributed by atoms with Gasteiger partial charge in [-0.2, -0.15) is 0 Å². The predicted octanol–water partition coefficient (Wildman–Crippen LogP) is 0.629. The molecule has 0 amide bonds. The van der Waals surface area contributed by atoms with Crippen LogP contribution in [0, 0.1) is 0 Å². The standard InChI is InChI=1S/C11H20N4O2S2/c1-19(16,17)14-6-9-4-2-3-5-15(9)8-10-7-13-11(12)18-10/h7,9,14H,2-6,8H2,1H3,(H2,12,13). The highest BCUT2D eigenvalue weighted by Gasteiger charge is 2.23. The molecule has 0 radical (unpaired) electrons. The van der Waals surface area contributed by atoms with Crippen LogP contribution in [-0.2, 0) is 16.6 Å². The number of rotatable bonds is 5. The molecule has 1 atom stereocenters. The molecule has 1 aromatic rings. The van der Waals surface area contributed by atoms with E-state index in [0.29, 0.717) is 11.7 Å². The van der Waals surface area contributed by atoms with Gasteiger partial charge in [-0.25, -0.2) is 18.1 Å². The number of thiazole rings is 1. The molecule has 6 nitrogen and oxygen atoms in total. The maximum absolute atomic E-state index is 11.2. The monoisotopic (exact) mass is 304 g/mol. The number of nitrogens with one attached hydrogen (secondary N) is 1. The number of nitrogen functional groups attached to an aromatic ring is 1. The fourth-order valence-corrected chi connectivity index (χ4v) is 3.55. The predicted molar refractivity (Wildman–Crippen MR) is 77.4 cm³/mol. The quantitative estimate of drug-likeness (QED) is 0.833. The molecule has 108 valence electrons. The van der Waals surface area contributed by atoms with Crippen LogP contribution in [0.1, 0.15) is 24.1 Å². The van der Waals surface area contributed by atoms with Crippen molar-refractivity contribution in [3.05, 3.63) is 11.1 Å². The average Bonchev–Trinajstić information content (AvgIpc) is 2.73. The third-order valence-corrected chi connectivity index (χ3v) is 4.76. The Hall–Kier alpha value is -0.700. The van der Waals surface area contributed by atoms with Gasteiger partial charge in [0.1, 0.15) is 0 Å². The molecule has 2 rings (SSSR count). The van der Waals surface area contributed by atoms with Crippen LogP contribution in [0.15, 0.2) is 6.20 Å². The van der Waals surface area contributed by atoms with Gasteiger partial charge in [-0.15, -0.1) is 11.3 Å². The van der Waals surface area contributed by atoms with Crippen molar-refractivity contribution in [1.29, 1.82) is 0 Å². The largest absolute Gasteiger partial charge is 0.375 e. The first-order valence-electron chi connectivity index (χ1n) is 6.33. The molecule has 1 unspecified atom stereocenters. The second kappa shape index (κ2) is 6.17. The minimum absolute atomic E-state index is 0.256. The van der Waals surface area contributed by atoms with Gasteiger partial charge in [-0.1, -0.05) is 6.42 Å². The summed E-state index contributed by atoms with van der Waals surface area (Å²) in [6.45, 7) is 2.27. The number of likely N-dealkylation sites (tertiary alicyclic amines) is 1. The number of hydrogen-bond acceptors (Lipinski definition) is 6. The van der Waals surface area contributed by atoms with E-state index in [9.17, 15) is 8.42 Å². The summed E-state index contributed by atoms with van der Waals surface area (Å²) < 4.78 is 25.0. The Bertz CT molecular complexity index is 515. The van der Waals surface area contributed by atoms with Gasteiger partial charge in [-0.05, 0) is 19.4 Å². The number of sulfonamides is 1. The van der Waals surface area contributed by atoms with Gasteiger partial charge in [-0.3, -0.25) is 4.90 Å². The van der Waals surface area contributed by atoms with Gasteiger partial charge in [0, 0.05) is 30.2 Å². The van der Waals surface area contributed by atoms with Gasteiger partial charge in [0.2, 0.25) is 10.0 Å². The molecule has 1 aromatic heterocycles. The van der Waals surface area contributed by atoms with E-state index in [1.54, 1.807) is 6.20 Å². The van der Waals surface area contributed by atoms with E-state index in [2.05, 4.69) is 14.6 Å².